The number of carbonyl (C=O) groups excluding carboxylic acids is 1. The smallest absolute Gasteiger partial charge is 0.403 e. The minimum Gasteiger partial charge on any atom is -0.403 e. The second-order valence-electron chi connectivity index (χ2n) is 5.83. The molecule has 0 aliphatic carbocycles. The van der Waals surface area contributed by atoms with Crippen molar-refractivity contribution >= 4 is 13.6 Å². The predicted molar refractivity (Wildman–Crippen MR) is 92.6 cm³/mol. The summed E-state index contributed by atoms with van der Waals surface area (Å²) in [5, 5.41) is 0. The molecule has 5 nitrogen and oxygen atoms in total. The van der Waals surface area contributed by atoms with E-state index in [9.17, 15) is 9.36 Å². The normalized spacial score (nSPS) is 11.4. The van der Waals surface area contributed by atoms with Gasteiger partial charge in [-0.3, -0.25) is 14.6 Å². The number of phosphoric ester groups is 1. The lowest BCUT2D eigenvalue weighted by Crippen LogP contribution is -2.11. The Hall–Kier alpha value is -1.94. The van der Waals surface area contributed by atoms with Crippen molar-refractivity contribution in [3.8, 4) is 5.75 Å². The van der Waals surface area contributed by atoms with Crippen molar-refractivity contribution in [3.05, 3.63) is 63.7 Å². The van der Waals surface area contributed by atoms with Crippen LogP contribution in [0.25, 0.3) is 0 Å². The third kappa shape index (κ3) is 3.93. The van der Waals surface area contributed by atoms with Gasteiger partial charge >= 0.3 is 7.82 Å². The molecule has 0 heterocycles. The van der Waals surface area contributed by atoms with Crippen LogP contribution in [-0.2, 0) is 11.0 Å². The second kappa shape index (κ2) is 6.89. The molecule has 2 N–H and O–H groups in total. The van der Waals surface area contributed by atoms with Gasteiger partial charge in [-0.15, -0.1) is 0 Å². The van der Waals surface area contributed by atoms with Crippen LogP contribution in [0, 0.1) is 20.8 Å². The minimum absolute atomic E-state index is 0.0907. The van der Waals surface area contributed by atoms with Crippen molar-refractivity contribution in [1.29, 1.82) is 0 Å². The number of rotatable bonds is 5. The zero-order valence-corrected chi connectivity index (χ0v) is 15.1. The fraction of sp³-hybridized carbons (Fsp3) is 0.278. The topological polar surface area (TPSA) is 83.8 Å². The first-order valence-corrected chi connectivity index (χ1v) is 9.16. The molecule has 0 bridgehead atoms. The standard InChI is InChI=1S/C18H21O5P/c1-5-14-7-6-8-15(23-24(20,21)22)17(14)18(19)16-12(3)9-11(2)10-13(16)4/h6-10H,5H2,1-4H3,(H2,20,21,22). The van der Waals surface area contributed by atoms with Crippen LogP contribution >= 0.6 is 7.82 Å². The van der Waals surface area contributed by atoms with E-state index >= 15 is 0 Å². The molecule has 0 aliphatic heterocycles. The highest BCUT2D eigenvalue weighted by molar-refractivity contribution is 7.46. The molecule has 0 saturated heterocycles. The lowest BCUT2D eigenvalue weighted by atomic mass is 9.90. The molecule has 0 aliphatic rings. The summed E-state index contributed by atoms with van der Waals surface area (Å²) in [6.45, 7) is 7.54. The van der Waals surface area contributed by atoms with Gasteiger partial charge in [0, 0.05) is 5.56 Å². The Balaban J connectivity index is 2.67. The summed E-state index contributed by atoms with van der Waals surface area (Å²) >= 11 is 0. The van der Waals surface area contributed by atoms with Crippen LogP contribution < -0.4 is 4.52 Å². The molecule has 0 atom stereocenters. The number of hydrogen-bond acceptors (Lipinski definition) is 3. The van der Waals surface area contributed by atoms with Gasteiger partial charge in [0.25, 0.3) is 0 Å². The first kappa shape index (κ1) is 18.4. The molecule has 0 radical (unpaired) electrons. The summed E-state index contributed by atoms with van der Waals surface area (Å²) in [5.74, 6) is -0.377. The summed E-state index contributed by atoms with van der Waals surface area (Å²) in [7, 11) is -4.76. The largest absolute Gasteiger partial charge is 0.524 e. The average Bonchev–Trinajstić information content (AvgIpc) is 2.43. The van der Waals surface area contributed by atoms with Crippen LogP contribution in [0.2, 0.25) is 0 Å². The van der Waals surface area contributed by atoms with Crippen LogP contribution in [0.4, 0.5) is 0 Å². The molecule has 24 heavy (non-hydrogen) atoms. The maximum atomic E-state index is 13.2. The fourth-order valence-corrected chi connectivity index (χ4v) is 3.40. The predicted octanol–water partition coefficient (Wildman–Crippen LogP) is 3.88. The van der Waals surface area contributed by atoms with Crippen molar-refractivity contribution in [2.24, 2.45) is 0 Å². The van der Waals surface area contributed by atoms with Crippen molar-refractivity contribution in [3.63, 3.8) is 0 Å². The van der Waals surface area contributed by atoms with E-state index in [2.05, 4.69) is 0 Å². The molecule has 0 aromatic heterocycles. The number of carbonyl (C=O) groups is 1. The Bertz CT molecular complexity index is 812. The van der Waals surface area contributed by atoms with E-state index in [0.29, 0.717) is 17.5 Å². The maximum Gasteiger partial charge on any atom is 0.524 e. The van der Waals surface area contributed by atoms with Crippen LogP contribution in [0.3, 0.4) is 0 Å². The average molecular weight is 348 g/mol. The van der Waals surface area contributed by atoms with Crippen LogP contribution in [0.1, 0.15) is 45.1 Å². The van der Waals surface area contributed by atoms with Gasteiger partial charge in [0.15, 0.2) is 5.78 Å². The third-order valence-electron chi connectivity index (χ3n) is 3.84. The molecular formula is C18H21O5P. The number of benzene rings is 2. The zero-order chi connectivity index (χ0) is 18.1. The Morgan fingerprint density at radius 3 is 2.17 bits per heavy atom. The van der Waals surface area contributed by atoms with E-state index in [1.54, 1.807) is 12.1 Å². The first-order chi connectivity index (χ1) is 11.1. The minimum atomic E-state index is -4.76. The first-order valence-electron chi connectivity index (χ1n) is 7.63. The highest BCUT2D eigenvalue weighted by atomic mass is 31.2. The van der Waals surface area contributed by atoms with Crippen molar-refractivity contribution in [2.45, 2.75) is 34.1 Å². The molecule has 0 fully saturated rings. The molecule has 0 spiro atoms. The monoisotopic (exact) mass is 348 g/mol. The van der Waals surface area contributed by atoms with Gasteiger partial charge in [0.1, 0.15) is 5.75 Å². The maximum absolute atomic E-state index is 13.2. The number of ketones is 1. The van der Waals surface area contributed by atoms with Gasteiger partial charge in [0.2, 0.25) is 0 Å². The summed E-state index contributed by atoms with van der Waals surface area (Å²) in [5.41, 5.74) is 4.13. The molecular weight excluding hydrogens is 327 g/mol. The van der Waals surface area contributed by atoms with E-state index in [1.807, 2.05) is 39.8 Å². The van der Waals surface area contributed by atoms with Crippen molar-refractivity contribution in [1.82, 2.24) is 0 Å². The van der Waals surface area contributed by atoms with E-state index in [0.717, 1.165) is 16.7 Å². The number of hydrogen-bond donors (Lipinski definition) is 2. The number of aryl methyl sites for hydroxylation is 4. The summed E-state index contributed by atoms with van der Waals surface area (Å²) in [6, 6.07) is 8.62. The fourth-order valence-electron chi connectivity index (χ4n) is 3.00. The lowest BCUT2D eigenvalue weighted by Gasteiger charge is -2.17. The Labute approximate surface area is 141 Å². The van der Waals surface area contributed by atoms with E-state index in [-0.39, 0.29) is 17.1 Å². The van der Waals surface area contributed by atoms with Crippen LogP contribution in [0.5, 0.6) is 5.75 Å². The molecule has 2 aromatic carbocycles. The van der Waals surface area contributed by atoms with Gasteiger partial charge in [-0.1, -0.05) is 36.8 Å². The molecule has 128 valence electrons. The van der Waals surface area contributed by atoms with Gasteiger partial charge in [0.05, 0.1) is 5.56 Å². The van der Waals surface area contributed by atoms with E-state index in [4.69, 9.17) is 14.3 Å². The Morgan fingerprint density at radius 1 is 1.08 bits per heavy atom. The van der Waals surface area contributed by atoms with Gasteiger partial charge < -0.3 is 4.52 Å². The summed E-state index contributed by atoms with van der Waals surface area (Å²) < 4.78 is 16.0. The van der Waals surface area contributed by atoms with Crippen molar-refractivity contribution < 1.29 is 23.7 Å². The summed E-state index contributed by atoms with van der Waals surface area (Å²) in [6.07, 6.45) is 0.545. The molecule has 6 heteroatoms. The van der Waals surface area contributed by atoms with Crippen LogP contribution in [-0.4, -0.2) is 15.6 Å². The van der Waals surface area contributed by atoms with Crippen molar-refractivity contribution in [2.75, 3.05) is 0 Å². The molecule has 0 saturated carbocycles. The second-order valence-corrected chi connectivity index (χ2v) is 6.99. The number of phosphoric acid groups is 1. The highest BCUT2D eigenvalue weighted by Crippen LogP contribution is 2.41. The molecule has 2 rings (SSSR count). The van der Waals surface area contributed by atoms with Crippen LogP contribution in [0.15, 0.2) is 30.3 Å². The Morgan fingerprint density at radius 2 is 1.67 bits per heavy atom. The lowest BCUT2D eigenvalue weighted by molar-refractivity contribution is 0.103. The van der Waals surface area contributed by atoms with E-state index < -0.39 is 7.82 Å². The molecule has 2 aromatic rings. The third-order valence-corrected chi connectivity index (χ3v) is 4.28. The van der Waals surface area contributed by atoms with Gasteiger partial charge in [-0.05, 0) is 49.9 Å². The molecule has 0 unspecified atom stereocenters. The Kier molecular flexibility index (Phi) is 5.29. The summed E-state index contributed by atoms with van der Waals surface area (Å²) in [4.78, 5) is 31.4. The quantitative estimate of drug-likeness (QED) is 0.633. The molecule has 0 amide bonds. The SMILES string of the molecule is CCc1cccc(OP(=O)(O)O)c1C(=O)c1c(C)cc(C)cc1C. The zero-order valence-electron chi connectivity index (χ0n) is 14.2. The van der Waals surface area contributed by atoms with E-state index in [1.165, 1.54) is 6.07 Å². The highest BCUT2D eigenvalue weighted by Gasteiger charge is 2.25. The van der Waals surface area contributed by atoms with Gasteiger partial charge in [-0.25, -0.2) is 4.57 Å². The van der Waals surface area contributed by atoms with Gasteiger partial charge in [-0.2, -0.15) is 0 Å².